The summed E-state index contributed by atoms with van der Waals surface area (Å²) in [5.74, 6) is -0.0195. The molecular formula is C16H24N4O2S. The van der Waals surface area contributed by atoms with Gasteiger partial charge in [0.2, 0.25) is 0 Å². The number of carbonyl (C=O) groups is 1. The number of likely N-dealkylation sites (tertiary alicyclic amines) is 1. The normalized spacial score (nSPS) is 24.8. The van der Waals surface area contributed by atoms with Gasteiger partial charge in [0.1, 0.15) is 10.7 Å². The van der Waals surface area contributed by atoms with E-state index in [1.54, 1.807) is 16.2 Å². The van der Waals surface area contributed by atoms with Crippen molar-refractivity contribution in [3.8, 4) is 0 Å². The second-order valence-electron chi connectivity index (χ2n) is 6.74. The van der Waals surface area contributed by atoms with E-state index >= 15 is 0 Å². The maximum atomic E-state index is 12.4. The second kappa shape index (κ2) is 6.57. The third-order valence-corrected chi connectivity index (χ3v) is 5.41. The lowest BCUT2D eigenvalue weighted by molar-refractivity contribution is -0.124. The van der Waals surface area contributed by atoms with Gasteiger partial charge < -0.3 is 9.74 Å². The predicted octanol–water partition coefficient (Wildman–Crippen LogP) is 2.12. The number of piperidine rings is 1. The Kier molecular flexibility index (Phi) is 4.68. The van der Waals surface area contributed by atoms with Crippen molar-refractivity contribution in [2.45, 2.75) is 51.3 Å². The van der Waals surface area contributed by atoms with Crippen LogP contribution >= 0.6 is 11.3 Å². The minimum atomic E-state index is -0.335. The molecule has 1 aromatic rings. The van der Waals surface area contributed by atoms with E-state index in [2.05, 4.69) is 15.0 Å². The number of nitrogens with zero attached hydrogens (tertiary/aromatic N) is 4. The number of hydrogen-bond acceptors (Lipinski definition) is 6. The van der Waals surface area contributed by atoms with Crippen LogP contribution in [0.5, 0.6) is 0 Å². The molecule has 1 aromatic heterocycles. The zero-order chi connectivity index (χ0) is 16.4. The fraction of sp³-hybridized carbons (Fsp3) is 0.688. The molecule has 126 valence electrons. The minimum Gasteiger partial charge on any atom is -0.387 e. The van der Waals surface area contributed by atoms with E-state index in [0.29, 0.717) is 12.1 Å². The van der Waals surface area contributed by atoms with Gasteiger partial charge in [-0.3, -0.25) is 9.69 Å². The quantitative estimate of drug-likeness (QED) is 0.845. The Hall–Kier alpha value is -1.47. The molecule has 0 aliphatic carbocycles. The van der Waals surface area contributed by atoms with Gasteiger partial charge in [-0.25, -0.2) is 4.98 Å². The van der Waals surface area contributed by atoms with E-state index in [9.17, 15) is 4.79 Å². The summed E-state index contributed by atoms with van der Waals surface area (Å²) >= 11 is 1.68. The molecule has 23 heavy (non-hydrogen) atoms. The highest BCUT2D eigenvalue weighted by atomic mass is 32.1. The molecule has 7 heteroatoms. The molecule has 1 fully saturated rings. The van der Waals surface area contributed by atoms with Gasteiger partial charge in [0, 0.05) is 37.6 Å². The molecule has 1 atom stereocenters. The summed E-state index contributed by atoms with van der Waals surface area (Å²) in [5.41, 5.74) is 0.218. The Balaban J connectivity index is 1.62. The van der Waals surface area contributed by atoms with Crippen LogP contribution in [0.15, 0.2) is 16.7 Å². The van der Waals surface area contributed by atoms with Gasteiger partial charge in [-0.2, -0.15) is 0 Å². The topological polar surface area (TPSA) is 58.0 Å². The van der Waals surface area contributed by atoms with Crippen LogP contribution in [-0.2, 0) is 16.2 Å². The summed E-state index contributed by atoms with van der Waals surface area (Å²) in [6, 6.07) is 0.162. The van der Waals surface area contributed by atoms with Crippen LogP contribution in [0.3, 0.4) is 0 Å². The predicted molar refractivity (Wildman–Crippen MR) is 90.4 cm³/mol. The Bertz CT molecular complexity index is 587. The standard InChI is InChI=1S/C16H24N4O2S/c1-12(2)19(3)15(21)13-9-16(22-18-13)5-4-7-20(11-16)10-14-17-6-8-23-14/h6,8,12H,4-5,7,9-11H2,1-3H3/t16-/m0/s1. The lowest BCUT2D eigenvalue weighted by atomic mass is 9.88. The summed E-state index contributed by atoms with van der Waals surface area (Å²) in [6.07, 6.45) is 4.46. The van der Waals surface area contributed by atoms with Crippen LogP contribution in [0.1, 0.15) is 38.1 Å². The summed E-state index contributed by atoms with van der Waals surface area (Å²) in [4.78, 5) is 26.7. The van der Waals surface area contributed by atoms with Gasteiger partial charge in [-0.1, -0.05) is 5.16 Å². The summed E-state index contributed by atoms with van der Waals surface area (Å²) in [5, 5.41) is 7.26. The van der Waals surface area contributed by atoms with Gasteiger partial charge in [-0.15, -0.1) is 11.3 Å². The third-order valence-electron chi connectivity index (χ3n) is 4.64. The molecule has 2 aliphatic rings. The number of thiazole rings is 1. The molecule has 0 aromatic carbocycles. The molecule has 1 spiro atoms. The summed E-state index contributed by atoms with van der Waals surface area (Å²) in [6.45, 7) is 6.69. The van der Waals surface area contributed by atoms with Gasteiger partial charge >= 0.3 is 0 Å². The highest BCUT2D eigenvalue weighted by molar-refractivity contribution is 7.09. The van der Waals surface area contributed by atoms with Gasteiger partial charge in [0.05, 0.1) is 6.54 Å². The van der Waals surface area contributed by atoms with E-state index in [-0.39, 0.29) is 17.6 Å². The van der Waals surface area contributed by atoms with Crippen molar-refractivity contribution < 1.29 is 9.63 Å². The Morgan fingerprint density at radius 3 is 3.09 bits per heavy atom. The summed E-state index contributed by atoms with van der Waals surface area (Å²) < 4.78 is 0. The second-order valence-corrected chi connectivity index (χ2v) is 7.72. The van der Waals surface area contributed by atoms with Crippen LogP contribution < -0.4 is 0 Å². The molecule has 0 unspecified atom stereocenters. The van der Waals surface area contributed by atoms with Crippen LogP contribution in [0, 0.1) is 0 Å². The van der Waals surface area contributed by atoms with Crippen LogP contribution in [0.4, 0.5) is 0 Å². The van der Waals surface area contributed by atoms with Crippen molar-refractivity contribution in [3.63, 3.8) is 0 Å². The molecule has 3 heterocycles. The van der Waals surface area contributed by atoms with Crippen molar-refractivity contribution in [1.82, 2.24) is 14.8 Å². The smallest absolute Gasteiger partial charge is 0.271 e. The monoisotopic (exact) mass is 336 g/mol. The van der Waals surface area contributed by atoms with Gasteiger partial charge in [-0.05, 0) is 33.2 Å². The average molecular weight is 336 g/mol. The van der Waals surface area contributed by atoms with Crippen LogP contribution in [-0.4, -0.2) is 58.2 Å². The number of amides is 1. The molecule has 1 amide bonds. The Morgan fingerprint density at radius 2 is 2.39 bits per heavy atom. The first-order chi connectivity index (χ1) is 11.0. The first-order valence-electron chi connectivity index (χ1n) is 8.12. The average Bonchev–Trinajstić information content (AvgIpc) is 3.16. The maximum absolute atomic E-state index is 12.4. The van der Waals surface area contributed by atoms with E-state index in [1.807, 2.05) is 32.5 Å². The van der Waals surface area contributed by atoms with E-state index in [1.165, 1.54) is 0 Å². The molecule has 0 N–H and O–H groups in total. The minimum absolute atomic E-state index is 0.0195. The third kappa shape index (κ3) is 3.55. The van der Waals surface area contributed by atoms with E-state index < -0.39 is 0 Å². The Labute approximate surface area is 141 Å². The number of oxime groups is 1. The maximum Gasteiger partial charge on any atom is 0.271 e. The van der Waals surface area contributed by atoms with Crippen molar-refractivity contribution in [2.75, 3.05) is 20.1 Å². The first-order valence-corrected chi connectivity index (χ1v) is 9.00. The zero-order valence-electron chi connectivity index (χ0n) is 14.0. The molecule has 2 aliphatic heterocycles. The first kappa shape index (κ1) is 16.4. The molecule has 0 saturated carbocycles. The lowest BCUT2D eigenvalue weighted by Crippen LogP contribution is -2.48. The number of aromatic nitrogens is 1. The molecular weight excluding hydrogens is 312 g/mol. The van der Waals surface area contributed by atoms with Crippen molar-refractivity contribution >= 4 is 23.0 Å². The van der Waals surface area contributed by atoms with Gasteiger partial charge in [0.15, 0.2) is 5.60 Å². The molecule has 1 saturated heterocycles. The van der Waals surface area contributed by atoms with Crippen LogP contribution in [0.2, 0.25) is 0 Å². The molecule has 3 rings (SSSR count). The van der Waals surface area contributed by atoms with Crippen LogP contribution in [0.25, 0.3) is 0 Å². The number of rotatable bonds is 4. The number of carbonyl (C=O) groups excluding carboxylic acids is 1. The molecule has 0 bridgehead atoms. The molecule has 6 nitrogen and oxygen atoms in total. The van der Waals surface area contributed by atoms with E-state index in [0.717, 1.165) is 37.5 Å². The fourth-order valence-corrected chi connectivity index (χ4v) is 3.80. The summed E-state index contributed by atoms with van der Waals surface area (Å²) in [7, 11) is 1.82. The van der Waals surface area contributed by atoms with Crippen molar-refractivity contribution in [1.29, 1.82) is 0 Å². The van der Waals surface area contributed by atoms with E-state index in [4.69, 9.17) is 4.84 Å². The SMILES string of the molecule is CC(C)N(C)C(=O)C1=NO[C@@]2(CCCN(Cc3nccs3)C2)C1. The highest BCUT2D eigenvalue weighted by Gasteiger charge is 2.45. The largest absolute Gasteiger partial charge is 0.387 e. The highest BCUT2D eigenvalue weighted by Crippen LogP contribution is 2.34. The molecule has 0 radical (unpaired) electrons. The fourth-order valence-electron chi connectivity index (χ4n) is 3.14. The van der Waals surface area contributed by atoms with Gasteiger partial charge in [0.25, 0.3) is 5.91 Å². The Morgan fingerprint density at radius 1 is 1.57 bits per heavy atom. The van der Waals surface area contributed by atoms with Crippen molar-refractivity contribution in [2.24, 2.45) is 5.16 Å². The van der Waals surface area contributed by atoms with Crippen molar-refractivity contribution in [3.05, 3.63) is 16.6 Å². The number of hydrogen-bond donors (Lipinski definition) is 0. The lowest BCUT2D eigenvalue weighted by Gasteiger charge is -2.37. The zero-order valence-corrected chi connectivity index (χ0v) is 14.8.